The molecule has 0 unspecified atom stereocenters. The Hall–Kier alpha value is -1.81. The molecule has 0 aliphatic heterocycles. The number of hydrogen-bond acceptors (Lipinski definition) is 2. The maximum Gasteiger partial charge on any atom is 0.225 e. The van der Waals surface area contributed by atoms with Gasteiger partial charge in [0.1, 0.15) is 0 Å². The van der Waals surface area contributed by atoms with Gasteiger partial charge in [0, 0.05) is 16.6 Å². The quantitative estimate of drug-likeness (QED) is 0.797. The van der Waals surface area contributed by atoms with Gasteiger partial charge in [0.25, 0.3) is 0 Å². The van der Waals surface area contributed by atoms with Crippen LogP contribution in [0.2, 0.25) is 0 Å². The number of para-hydroxylation sites is 1. The number of aromatic nitrogens is 1. The fraction of sp³-hybridized carbons (Fsp3) is 0.438. The van der Waals surface area contributed by atoms with Gasteiger partial charge in [0.05, 0.1) is 18.6 Å². The van der Waals surface area contributed by atoms with Crippen LogP contribution in [0.3, 0.4) is 0 Å². The van der Waals surface area contributed by atoms with Crippen molar-refractivity contribution in [3.63, 3.8) is 0 Å². The highest BCUT2D eigenvalue weighted by Crippen LogP contribution is 2.31. The molecule has 1 aliphatic carbocycles. The Bertz CT molecular complexity index is 635. The van der Waals surface area contributed by atoms with Gasteiger partial charge >= 0.3 is 0 Å². The lowest BCUT2D eigenvalue weighted by Crippen LogP contribution is -2.56. The van der Waals surface area contributed by atoms with E-state index in [1.165, 1.54) is 0 Å². The first-order chi connectivity index (χ1) is 9.63. The lowest BCUT2D eigenvalue weighted by Gasteiger charge is -2.41. The molecule has 0 saturated heterocycles. The third-order valence-electron chi connectivity index (χ3n) is 4.38. The summed E-state index contributed by atoms with van der Waals surface area (Å²) in [4.78, 5) is 15.5. The molecule has 1 aromatic heterocycles. The van der Waals surface area contributed by atoms with Crippen LogP contribution in [0.15, 0.2) is 24.3 Å². The lowest BCUT2D eigenvalue weighted by atomic mass is 9.77. The van der Waals surface area contributed by atoms with Crippen LogP contribution in [-0.2, 0) is 11.2 Å². The van der Waals surface area contributed by atoms with Crippen molar-refractivity contribution < 1.29 is 9.90 Å². The predicted octanol–water partition coefficient (Wildman–Crippen LogP) is 2.05. The average Bonchev–Trinajstić information content (AvgIpc) is 2.71. The summed E-state index contributed by atoms with van der Waals surface area (Å²) < 4.78 is 0. The molecule has 1 aromatic carbocycles. The first-order valence-corrected chi connectivity index (χ1v) is 7.12. The summed E-state index contributed by atoms with van der Waals surface area (Å²) in [6, 6.07) is 8.02. The lowest BCUT2D eigenvalue weighted by molar-refractivity contribution is -0.124. The third kappa shape index (κ3) is 2.20. The Morgan fingerprint density at radius 2 is 2.15 bits per heavy atom. The summed E-state index contributed by atoms with van der Waals surface area (Å²) in [5.74, 6) is -0.00777. The van der Waals surface area contributed by atoms with Crippen LogP contribution in [0.5, 0.6) is 0 Å². The monoisotopic (exact) mass is 272 g/mol. The molecule has 106 valence electrons. The second kappa shape index (κ2) is 4.94. The zero-order valence-corrected chi connectivity index (χ0v) is 11.7. The van der Waals surface area contributed by atoms with Gasteiger partial charge in [-0.1, -0.05) is 18.2 Å². The van der Waals surface area contributed by atoms with E-state index in [2.05, 4.69) is 10.3 Å². The Kier molecular flexibility index (Phi) is 3.26. The van der Waals surface area contributed by atoms with Crippen LogP contribution in [0, 0.1) is 6.92 Å². The molecule has 1 fully saturated rings. The molecule has 4 heteroatoms. The zero-order chi connectivity index (χ0) is 14.2. The number of aryl methyl sites for hydroxylation is 1. The number of aromatic amines is 1. The van der Waals surface area contributed by atoms with Gasteiger partial charge < -0.3 is 15.4 Å². The molecule has 0 bridgehead atoms. The largest absolute Gasteiger partial charge is 0.394 e. The normalized spacial score (nSPS) is 16.9. The van der Waals surface area contributed by atoms with Crippen LogP contribution >= 0.6 is 0 Å². The minimum atomic E-state index is -0.364. The van der Waals surface area contributed by atoms with Crippen molar-refractivity contribution in [2.24, 2.45) is 0 Å². The van der Waals surface area contributed by atoms with Crippen LogP contribution in [0.1, 0.15) is 30.5 Å². The molecule has 1 saturated carbocycles. The topological polar surface area (TPSA) is 65.1 Å². The number of benzene rings is 1. The molecule has 4 nitrogen and oxygen atoms in total. The highest BCUT2D eigenvalue weighted by molar-refractivity contribution is 5.90. The van der Waals surface area contributed by atoms with Crippen molar-refractivity contribution in [3.8, 4) is 0 Å². The first-order valence-electron chi connectivity index (χ1n) is 7.12. The molecule has 1 amide bonds. The summed E-state index contributed by atoms with van der Waals surface area (Å²) in [6.07, 6.45) is 3.19. The van der Waals surface area contributed by atoms with Crippen molar-refractivity contribution >= 4 is 16.8 Å². The van der Waals surface area contributed by atoms with Gasteiger partial charge in [-0.2, -0.15) is 0 Å². The number of aliphatic hydroxyl groups excluding tert-OH is 1. The molecule has 3 N–H and O–H groups in total. The molecule has 0 radical (unpaired) electrons. The number of carbonyl (C=O) groups excluding carboxylic acids is 1. The molecule has 1 aliphatic rings. The molecule has 1 heterocycles. The smallest absolute Gasteiger partial charge is 0.225 e. The number of carbonyl (C=O) groups is 1. The van der Waals surface area contributed by atoms with Gasteiger partial charge in [0.2, 0.25) is 5.91 Å². The molecular weight excluding hydrogens is 252 g/mol. The number of aliphatic hydroxyl groups is 1. The van der Waals surface area contributed by atoms with Gasteiger partial charge in [-0.3, -0.25) is 4.79 Å². The van der Waals surface area contributed by atoms with Crippen LogP contribution in [0.25, 0.3) is 10.9 Å². The fourth-order valence-electron chi connectivity index (χ4n) is 2.99. The van der Waals surface area contributed by atoms with E-state index in [4.69, 9.17) is 0 Å². The van der Waals surface area contributed by atoms with Crippen LogP contribution in [0.4, 0.5) is 0 Å². The Morgan fingerprint density at radius 3 is 2.80 bits per heavy atom. The van der Waals surface area contributed by atoms with Gasteiger partial charge in [-0.15, -0.1) is 0 Å². The predicted molar refractivity (Wildman–Crippen MR) is 78.6 cm³/mol. The van der Waals surface area contributed by atoms with Crippen LogP contribution in [-0.4, -0.2) is 28.1 Å². The van der Waals surface area contributed by atoms with E-state index in [1.807, 2.05) is 31.2 Å². The minimum Gasteiger partial charge on any atom is -0.394 e. The summed E-state index contributed by atoms with van der Waals surface area (Å²) in [5.41, 5.74) is 2.78. The standard InChI is InChI=1S/C16H20N2O2/c1-11-13(12-5-2-3-6-14(12)17-11)9-15(20)18-16(10-19)7-4-8-16/h2-3,5-6,17,19H,4,7-10H2,1H3,(H,18,20). The number of H-pyrrole nitrogens is 1. The molecule has 3 rings (SSSR count). The summed E-state index contributed by atoms with van der Waals surface area (Å²) in [7, 11) is 0. The van der Waals surface area contributed by atoms with Crippen molar-refractivity contribution in [2.75, 3.05) is 6.61 Å². The minimum absolute atomic E-state index is 0.00777. The summed E-state index contributed by atoms with van der Waals surface area (Å²) in [5, 5.41) is 13.5. The maximum atomic E-state index is 12.2. The van der Waals surface area contributed by atoms with Crippen LogP contribution < -0.4 is 5.32 Å². The van der Waals surface area contributed by atoms with Crippen molar-refractivity contribution in [1.82, 2.24) is 10.3 Å². The maximum absolute atomic E-state index is 12.2. The van der Waals surface area contributed by atoms with Gasteiger partial charge in [-0.25, -0.2) is 0 Å². The molecule has 2 aromatic rings. The van der Waals surface area contributed by atoms with E-state index < -0.39 is 0 Å². The second-order valence-corrected chi connectivity index (χ2v) is 5.79. The Labute approximate surface area is 118 Å². The third-order valence-corrected chi connectivity index (χ3v) is 4.38. The fourth-order valence-corrected chi connectivity index (χ4v) is 2.99. The van der Waals surface area contributed by atoms with Gasteiger partial charge in [-0.05, 0) is 37.8 Å². The van der Waals surface area contributed by atoms with Crippen molar-refractivity contribution in [3.05, 3.63) is 35.5 Å². The summed E-state index contributed by atoms with van der Waals surface area (Å²) >= 11 is 0. The van der Waals surface area contributed by atoms with E-state index in [9.17, 15) is 9.90 Å². The highest BCUT2D eigenvalue weighted by Gasteiger charge is 2.37. The SMILES string of the molecule is Cc1[nH]c2ccccc2c1CC(=O)NC1(CO)CCC1. The average molecular weight is 272 g/mol. The number of fused-ring (bicyclic) bond motifs is 1. The van der Waals surface area contributed by atoms with E-state index in [0.29, 0.717) is 6.42 Å². The number of nitrogens with one attached hydrogen (secondary N) is 2. The van der Waals surface area contributed by atoms with E-state index >= 15 is 0 Å². The number of hydrogen-bond donors (Lipinski definition) is 3. The highest BCUT2D eigenvalue weighted by atomic mass is 16.3. The Morgan fingerprint density at radius 1 is 1.40 bits per heavy atom. The van der Waals surface area contributed by atoms with Crippen molar-refractivity contribution in [2.45, 2.75) is 38.1 Å². The number of rotatable bonds is 4. The van der Waals surface area contributed by atoms with E-state index in [1.54, 1.807) is 0 Å². The number of amides is 1. The molecule has 20 heavy (non-hydrogen) atoms. The second-order valence-electron chi connectivity index (χ2n) is 5.79. The van der Waals surface area contributed by atoms with E-state index in [-0.39, 0.29) is 18.1 Å². The Balaban J connectivity index is 1.79. The van der Waals surface area contributed by atoms with E-state index in [0.717, 1.165) is 41.4 Å². The molecule has 0 spiro atoms. The zero-order valence-electron chi connectivity index (χ0n) is 11.7. The van der Waals surface area contributed by atoms with Crippen molar-refractivity contribution in [1.29, 1.82) is 0 Å². The molecular formula is C16H20N2O2. The molecule has 0 atom stereocenters. The first kappa shape index (κ1) is 13.2. The van der Waals surface area contributed by atoms with Gasteiger partial charge in [0.15, 0.2) is 0 Å². The summed E-state index contributed by atoms with van der Waals surface area (Å²) in [6.45, 7) is 2.03.